The Morgan fingerprint density at radius 2 is 1.70 bits per heavy atom. The van der Waals surface area contributed by atoms with E-state index in [0.717, 1.165) is 11.1 Å². The van der Waals surface area contributed by atoms with Gasteiger partial charge in [-0.1, -0.05) is 13.0 Å². The van der Waals surface area contributed by atoms with E-state index in [1.54, 1.807) is 27.4 Å². The molecule has 1 aliphatic heterocycles. The van der Waals surface area contributed by atoms with Crippen molar-refractivity contribution in [3.8, 4) is 17.2 Å². The maximum atomic E-state index is 13.1. The summed E-state index contributed by atoms with van der Waals surface area (Å²) < 4.78 is 33.7. The highest BCUT2D eigenvalue weighted by Gasteiger charge is 2.50. The van der Waals surface area contributed by atoms with Crippen LogP contribution >= 0.6 is 0 Å². The highest BCUT2D eigenvalue weighted by Crippen LogP contribution is 2.51. The van der Waals surface area contributed by atoms with E-state index in [9.17, 15) is 4.79 Å². The molecule has 1 aromatic carbocycles. The van der Waals surface area contributed by atoms with Gasteiger partial charge in [-0.25, -0.2) is 0 Å². The third-order valence-electron chi connectivity index (χ3n) is 5.67. The number of carbonyl (C=O) groups is 1. The number of benzene rings is 1. The highest BCUT2D eigenvalue weighted by molar-refractivity contribution is 6.04. The van der Waals surface area contributed by atoms with Gasteiger partial charge in [-0.05, 0) is 18.2 Å². The van der Waals surface area contributed by atoms with E-state index in [1.165, 1.54) is 14.2 Å². The second-order valence-electron chi connectivity index (χ2n) is 7.16. The largest absolute Gasteiger partial charge is 0.493 e. The number of hydrogen-bond acceptors (Lipinski definition) is 7. The Hall–Kier alpha value is -2.93. The Kier molecular flexibility index (Phi) is 6.12. The minimum absolute atomic E-state index is 0.0830. The number of fused-ring (bicyclic) bond motifs is 1. The molecule has 0 aromatic heterocycles. The van der Waals surface area contributed by atoms with Gasteiger partial charge in [-0.3, -0.25) is 4.79 Å². The first kappa shape index (κ1) is 21.8. The van der Waals surface area contributed by atoms with Crippen molar-refractivity contribution < 1.29 is 33.2 Å². The van der Waals surface area contributed by atoms with Crippen LogP contribution in [-0.2, 0) is 19.0 Å². The molecule has 1 aliphatic carbocycles. The van der Waals surface area contributed by atoms with Gasteiger partial charge in [0.15, 0.2) is 22.9 Å². The molecule has 2 aliphatic rings. The maximum absolute atomic E-state index is 13.1. The van der Waals surface area contributed by atoms with Crippen LogP contribution in [0.4, 0.5) is 0 Å². The van der Waals surface area contributed by atoms with E-state index in [2.05, 4.69) is 6.58 Å². The summed E-state index contributed by atoms with van der Waals surface area (Å²) in [6.45, 7) is 5.80. The number of methoxy groups -OCH3 is 5. The molecule has 1 heterocycles. The zero-order valence-corrected chi connectivity index (χ0v) is 18.2. The molecular weight excluding hydrogens is 388 g/mol. The lowest BCUT2D eigenvalue weighted by Gasteiger charge is -2.31. The Bertz CT molecular complexity index is 889. The van der Waals surface area contributed by atoms with Crippen LogP contribution in [0.5, 0.6) is 17.2 Å². The summed E-state index contributed by atoms with van der Waals surface area (Å²) in [5.41, 5.74) is 0.525. The van der Waals surface area contributed by atoms with E-state index in [-0.39, 0.29) is 23.6 Å². The molecule has 3 atom stereocenters. The summed E-state index contributed by atoms with van der Waals surface area (Å²) in [5.74, 6) is 1.78. The lowest BCUT2D eigenvalue weighted by Crippen LogP contribution is -2.43. The number of ketones is 1. The smallest absolute Gasteiger partial charge is 0.237 e. The fourth-order valence-corrected chi connectivity index (χ4v) is 4.07. The van der Waals surface area contributed by atoms with Crippen LogP contribution in [0.25, 0.3) is 0 Å². The van der Waals surface area contributed by atoms with E-state index >= 15 is 0 Å². The average Bonchev–Trinajstić information content (AvgIpc) is 3.08. The van der Waals surface area contributed by atoms with Gasteiger partial charge in [0.2, 0.25) is 17.3 Å². The molecule has 7 heteroatoms. The van der Waals surface area contributed by atoms with E-state index in [4.69, 9.17) is 28.4 Å². The van der Waals surface area contributed by atoms with Gasteiger partial charge in [0.05, 0.1) is 28.4 Å². The third-order valence-corrected chi connectivity index (χ3v) is 5.67. The molecular formula is C23H28O7. The summed E-state index contributed by atoms with van der Waals surface area (Å²) in [7, 11) is 7.65. The molecule has 0 bridgehead atoms. The van der Waals surface area contributed by atoms with Crippen LogP contribution in [0.1, 0.15) is 25.0 Å². The Balaban J connectivity index is 2.13. The third kappa shape index (κ3) is 3.23. The van der Waals surface area contributed by atoms with Gasteiger partial charge in [0.25, 0.3) is 0 Å². The average molecular weight is 416 g/mol. The molecule has 3 rings (SSSR count). The fraction of sp³-hybridized carbons (Fsp3) is 0.435. The van der Waals surface area contributed by atoms with Crippen molar-refractivity contribution >= 4 is 5.78 Å². The number of rotatable bonds is 8. The first-order valence-corrected chi connectivity index (χ1v) is 9.60. The van der Waals surface area contributed by atoms with Crippen molar-refractivity contribution in [3.05, 3.63) is 53.5 Å². The number of allylic oxidation sites excluding steroid dienone is 1. The van der Waals surface area contributed by atoms with Crippen molar-refractivity contribution in [3.63, 3.8) is 0 Å². The van der Waals surface area contributed by atoms with E-state index in [0.29, 0.717) is 29.4 Å². The summed E-state index contributed by atoms with van der Waals surface area (Å²) in [5, 5.41) is 0. The molecule has 0 spiro atoms. The zero-order valence-electron chi connectivity index (χ0n) is 18.2. The highest BCUT2D eigenvalue weighted by atomic mass is 16.5. The van der Waals surface area contributed by atoms with E-state index < -0.39 is 5.60 Å². The van der Waals surface area contributed by atoms with Crippen molar-refractivity contribution in [1.29, 1.82) is 0 Å². The van der Waals surface area contributed by atoms with Crippen molar-refractivity contribution in [2.45, 2.75) is 25.0 Å². The fourth-order valence-electron chi connectivity index (χ4n) is 4.07. The first-order chi connectivity index (χ1) is 14.4. The van der Waals surface area contributed by atoms with Gasteiger partial charge >= 0.3 is 0 Å². The van der Waals surface area contributed by atoms with Crippen LogP contribution in [0.3, 0.4) is 0 Å². The molecule has 1 saturated heterocycles. The summed E-state index contributed by atoms with van der Waals surface area (Å²) in [4.78, 5) is 13.1. The molecule has 1 fully saturated rings. The van der Waals surface area contributed by atoms with Gasteiger partial charge in [-0.15, -0.1) is 6.58 Å². The molecule has 0 amide bonds. The van der Waals surface area contributed by atoms with Gasteiger partial charge < -0.3 is 28.4 Å². The zero-order chi connectivity index (χ0) is 22.1. The van der Waals surface area contributed by atoms with Gasteiger partial charge in [0.1, 0.15) is 6.10 Å². The lowest BCUT2D eigenvalue weighted by atomic mass is 9.81. The molecule has 0 saturated carbocycles. The quantitative estimate of drug-likeness (QED) is 0.598. The second kappa shape index (κ2) is 8.44. The molecule has 1 aromatic rings. The normalized spacial score (nSPS) is 25.3. The van der Waals surface area contributed by atoms with Crippen LogP contribution in [-0.4, -0.2) is 46.9 Å². The lowest BCUT2D eigenvalue weighted by molar-refractivity contribution is -0.135. The van der Waals surface area contributed by atoms with Crippen molar-refractivity contribution in [2.75, 3.05) is 35.5 Å². The minimum atomic E-state index is -1.16. The van der Waals surface area contributed by atoms with Crippen LogP contribution in [0, 0.1) is 5.92 Å². The Morgan fingerprint density at radius 1 is 1.07 bits per heavy atom. The maximum Gasteiger partial charge on any atom is 0.237 e. The summed E-state index contributed by atoms with van der Waals surface area (Å²) >= 11 is 0. The number of ether oxygens (including phenoxy) is 6. The molecule has 7 nitrogen and oxygen atoms in total. The number of Topliss-reactive ketones (excluding diaryl/α,β-unsaturated/α-hetero) is 1. The van der Waals surface area contributed by atoms with Crippen molar-refractivity contribution in [1.82, 2.24) is 0 Å². The predicted octanol–water partition coefficient (Wildman–Crippen LogP) is 3.75. The Morgan fingerprint density at radius 3 is 2.17 bits per heavy atom. The molecule has 162 valence electrons. The van der Waals surface area contributed by atoms with Crippen LogP contribution in [0.15, 0.2) is 48.0 Å². The topological polar surface area (TPSA) is 72.5 Å². The van der Waals surface area contributed by atoms with Gasteiger partial charge in [0, 0.05) is 30.6 Å². The molecule has 0 unspecified atom stereocenters. The van der Waals surface area contributed by atoms with Crippen molar-refractivity contribution in [2.24, 2.45) is 5.92 Å². The molecule has 0 radical (unpaired) electrons. The number of carbonyl (C=O) groups excluding carboxylic acids is 1. The second-order valence-corrected chi connectivity index (χ2v) is 7.16. The standard InChI is InChI=1S/C23H28O7/c1-8-9-23(29-7)12-15-13(2)18(30-19(15)21(28-6)22(23)24)14-10-16(25-3)20(27-5)17(11-14)26-4/h8,10-13,18H,1,9H2,2-7H3/t13-,18-,23+/m0/s1. The Labute approximate surface area is 176 Å². The van der Waals surface area contributed by atoms with Crippen LogP contribution in [0.2, 0.25) is 0 Å². The molecule has 30 heavy (non-hydrogen) atoms. The molecule has 0 N–H and O–H groups in total. The number of hydrogen-bond donors (Lipinski definition) is 0. The van der Waals surface area contributed by atoms with Crippen LogP contribution < -0.4 is 14.2 Å². The summed E-state index contributed by atoms with van der Waals surface area (Å²) in [6.07, 6.45) is 3.44. The first-order valence-electron chi connectivity index (χ1n) is 9.60. The SMILES string of the molecule is C=CC[C@@]1(OC)C=C2C(=C(OC)C1=O)O[C@H](c1cc(OC)c(OC)c(OC)c1)[C@H]2C. The van der Waals surface area contributed by atoms with Gasteiger partial charge in [-0.2, -0.15) is 0 Å². The monoisotopic (exact) mass is 416 g/mol. The predicted molar refractivity (Wildman–Crippen MR) is 111 cm³/mol. The minimum Gasteiger partial charge on any atom is -0.493 e. The summed E-state index contributed by atoms with van der Waals surface area (Å²) in [6, 6.07) is 3.70. The van der Waals surface area contributed by atoms with E-state index in [1.807, 2.05) is 25.1 Å².